The zero-order chi connectivity index (χ0) is 8.20. The highest BCUT2D eigenvalue weighted by Gasteiger charge is 2.30. The third kappa shape index (κ3) is 3.74. The molecule has 0 rings (SSSR count). The Morgan fingerprint density at radius 2 is 2.10 bits per heavy atom. The van der Waals surface area contributed by atoms with Crippen LogP contribution in [0.5, 0.6) is 0 Å². The molecule has 0 radical (unpaired) electrons. The zero-order valence-electron chi connectivity index (χ0n) is 6.23. The lowest BCUT2D eigenvalue weighted by atomic mass is 10.2. The Labute approximate surface area is 59.3 Å². The van der Waals surface area contributed by atoms with Crippen LogP contribution < -0.4 is 5.73 Å². The molecule has 0 aliphatic carbocycles. The van der Waals surface area contributed by atoms with E-state index in [0.717, 1.165) is 6.92 Å². The SMILES string of the molecule is CCOC[C@H](N)C(C)(F)F. The molecule has 0 aromatic heterocycles. The van der Waals surface area contributed by atoms with E-state index in [-0.39, 0.29) is 6.61 Å². The highest BCUT2D eigenvalue weighted by Crippen LogP contribution is 2.15. The normalized spacial score (nSPS) is 15.3. The molecule has 1 atom stereocenters. The fourth-order valence-corrected chi connectivity index (χ4v) is 0.391. The molecule has 0 bridgehead atoms. The van der Waals surface area contributed by atoms with Crippen LogP contribution in [0.3, 0.4) is 0 Å². The van der Waals surface area contributed by atoms with Crippen molar-refractivity contribution in [3.63, 3.8) is 0 Å². The largest absolute Gasteiger partial charge is 0.380 e. The summed E-state index contributed by atoms with van der Waals surface area (Å²) in [5.74, 6) is -2.84. The van der Waals surface area contributed by atoms with Gasteiger partial charge in [-0.15, -0.1) is 0 Å². The van der Waals surface area contributed by atoms with Crippen molar-refractivity contribution in [2.75, 3.05) is 13.2 Å². The van der Waals surface area contributed by atoms with Crippen molar-refractivity contribution in [1.29, 1.82) is 0 Å². The second-order valence-electron chi connectivity index (χ2n) is 2.22. The molecule has 0 aromatic rings. The summed E-state index contributed by atoms with van der Waals surface area (Å²) < 4.78 is 29.2. The van der Waals surface area contributed by atoms with Gasteiger partial charge in [0, 0.05) is 13.5 Å². The lowest BCUT2D eigenvalue weighted by Gasteiger charge is -2.18. The van der Waals surface area contributed by atoms with E-state index in [0.29, 0.717) is 6.61 Å². The highest BCUT2D eigenvalue weighted by molar-refractivity contribution is 4.74. The third-order valence-corrected chi connectivity index (χ3v) is 1.15. The van der Waals surface area contributed by atoms with Gasteiger partial charge in [0.25, 0.3) is 5.92 Å². The van der Waals surface area contributed by atoms with Crippen LogP contribution in [-0.2, 0) is 4.74 Å². The Hall–Kier alpha value is -0.220. The molecule has 0 unspecified atom stereocenters. The van der Waals surface area contributed by atoms with E-state index in [4.69, 9.17) is 10.5 Å². The van der Waals surface area contributed by atoms with Crippen LogP contribution in [-0.4, -0.2) is 25.2 Å². The van der Waals surface area contributed by atoms with Crippen molar-refractivity contribution < 1.29 is 13.5 Å². The molecule has 0 saturated carbocycles. The van der Waals surface area contributed by atoms with Gasteiger partial charge in [0.1, 0.15) is 0 Å². The summed E-state index contributed by atoms with van der Waals surface area (Å²) in [6, 6.07) is -1.19. The van der Waals surface area contributed by atoms with Crippen molar-refractivity contribution in [2.24, 2.45) is 5.73 Å². The van der Waals surface area contributed by atoms with Crippen molar-refractivity contribution in [2.45, 2.75) is 25.8 Å². The van der Waals surface area contributed by atoms with Gasteiger partial charge in [0.05, 0.1) is 12.6 Å². The van der Waals surface area contributed by atoms with Crippen LogP contribution in [0.4, 0.5) is 8.78 Å². The van der Waals surface area contributed by atoms with Gasteiger partial charge in [-0.25, -0.2) is 8.78 Å². The van der Waals surface area contributed by atoms with Crippen LogP contribution in [0.25, 0.3) is 0 Å². The molecule has 0 saturated heterocycles. The smallest absolute Gasteiger partial charge is 0.262 e. The Morgan fingerprint density at radius 3 is 2.40 bits per heavy atom. The second kappa shape index (κ2) is 3.83. The van der Waals surface area contributed by atoms with E-state index in [1.165, 1.54) is 0 Å². The summed E-state index contributed by atoms with van der Waals surface area (Å²) in [5.41, 5.74) is 5.06. The average molecular weight is 153 g/mol. The van der Waals surface area contributed by atoms with Gasteiger partial charge in [0.15, 0.2) is 0 Å². The fourth-order valence-electron chi connectivity index (χ4n) is 0.391. The number of hydrogen-bond donors (Lipinski definition) is 1. The van der Waals surface area contributed by atoms with Crippen LogP contribution in [0.15, 0.2) is 0 Å². The molecular formula is C6H13F2NO. The topological polar surface area (TPSA) is 35.2 Å². The molecule has 0 amide bonds. The van der Waals surface area contributed by atoms with Gasteiger partial charge in [-0.05, 0) is 6.92 Å². The minimum absolute atomic E-state index is 0.0833. The Morgan fingerprint density at radius 1 is 1.60 bits per heavy atom. The maximum absolute atomic E-state index is 12.2. The van der Waals surface area contributed by atoms with Gasteiger partial charge >= 0.3 is 0 Å². The first kappa shape index (κ1) is 9.78. The van der Waals surface area contributed by atoms with Crippen LogP contribution in [0.1, 0.15) is 13.8 Å². The van der Waals surface area contributed by atoms with Crippen molar-refractivity contribution in [3.8, 4) is 0 Å². The van der Waals surface area contributed by atoms with Crippen LogP contribution >= 0.6 is 0 Å². The monoisotopic (exact) mass is 153 g/mol. The summed E-state index contributed by atoms with van der Waals surface area (Å²) in [5, 5.41) is 0. The molecule has 0 aromatic carbocycles. The molecule has 10 heavy (non-hydrogen) atoms. The van der Waals surface area contributed by atoms with Crippen LogP contribution in [0, 0.1) is 0 Å². The molecule has 2 nitrogen and oxygen atoms in total. The number of rotatable bonds is 4. The predicted molar refractivity (Wildman–Crippen MR) is 35.1 cm³/mol. The quantitative estimate of drug-likeness (QED) is 0.654. The van der Waals surface area contributed by atoms with Crippen molar-refractivity contribution in [3.05, 3.63) is 0 Å². The van der Waals surface area contributed by atoms with Gasteiger partial charge in [-0.1, -0.05) is 0 Å². The molecule has 62 valence electrons. The molecular weight excluding hydrogens is 140 g/mol. The van der Waals surface area contributed by atoms with E-state index in [2.05, 4.69) is 0 Å². The molecule has 4 heteroatoms. The Balaban J connectivity index is 3.52. The molecule has 2 N–H and O–H groups in total. The highest BCUT2D eigenvalue weighted by atomic mass is 19.3. The summed E-state index contributed by atoms with van der Waals surface area (Å²) in [4.78, 5) is 0. The number of ether oxygens (including phenoxy) is 1. The maximum Gasteiger partial charge on any atom is 0.262 e. The first-order chi connectivity index (χ1) is 4.48. The third-order valence-electron chi connectivity index (χ3n) is 1.15. The van der Waals surface area contributed by atoms with Gasteiger partial charge in [0.2, 0.25) is 0 Å². The number of halogens is 2. The van der Waals surface area contributed by atoms with E-state index >= 15 is 0 Å². The van der Waals surface area contributed by atoms with E-state index in [9.17, 15) is 8.78 Å². The first-order valence-electron chi connectivity index (χ1n) is 3.19. The Bertz CT molecular complexity index is 92.2. The standard InChI is InChI=1S/C6H13F2NO/c1-3-10-4-5(9)6(2,7)8/h5H,3-4,9H2,1-2H3/t5-/m0/s1. The van der Waals surface area contributed by atoms with Gasteiger partial charge in [-0.2, -0.15) is 0 Å². The van der Waals surface area contributed by atoms with Gasteiger partial charge < -0.3 is 10.5 Å². The molecule has 0 heterocycles. The number of hydrogen-bond acceptors (Lipinski definition) is 2. The second-order valence-corrected chi connectivity index (χ2v) is 2.22. The van der Waals surface area contributed by atoms with E-state index in [1.807, 2.05) is 0 Å². The predicted octanol–water partition coefficient (Wildman–Crippen LogP) is 1.01. The summed E-state index contributed by atoms with van der Waals surface area (Å²) >= 11 is 0. The van der Waals surface area contributed by atoms with Gasteiger partial charge in [-0.3, -0.25) is 0 Å². The molecule has 0 spiro atoms. The zero-order valence-corrected chi connectivity index (χ0v) is 6.23. The minimum atomic E-state index is -2.84. The molecule has 0 aliphatic rings. The van der Waals surface area contributed by atoms with Crippen molar-refractivity contribution in [1.82, 2.24) is 0 Å². The summed E-state index contributed by atoms with van der Waals surface area (Å²) in [7, 11) is 0. The molecule has 0 aliphatic heterocycles. The minimum Gasteiger partial charge on any atom is -0.380 e. The summed E-state index contributed by atoms with van der Waals surface area (Å²) in [6.07, 6.45) is 0. The van der Waals surface area contributed by atoms with E-state index in [1.54, 1.807) is 6.92 Å². The fraction of sp³-hybridized carbons (Fsp3) is 1.00. The first-order valence-corrected chi connectivity index (χ1v) is 3.19. The number of nitrogens with two attached hydrogens (primary N) is 1. The van der Waals surface area contributed by atoms with E-state index < -0.39 is 12.0 Å². The maximum atomic E-state index is 12.2. The number of alkyl halides is 2. The molecule has 0 fully saturated rings. The average Bonchev–Trinajstić information content (AvgIpc) is 1.80. The lowest BCUT2D eigenvalue weighted by molar-refractivity contribution is -0.0344. The van der Waals surface area contributed by atoms with Crippen molar-refractivity contribution >= 4 is 0 Å². The Kier molecular flexibility index (Phi) is 3.75. The van der Waals surface area contributed by atoms with Crippen LogP contribution in [0.2, 0.25) is 0 Å². The lowest BCUT2D eigenvalue weighted by Crippen LogP contribution is -2.42. The summed E-state index contributed by atoms with van der Waals surface area (Å²) in [6.45, 7) is 2.86.